The van der Waals surface area contributed by atoms with Crippen LogP contribution in [-0.2, 0) is 5.75 Å². The van der Waals surface area contributed by atoms with Crippen molar-refractivity contribution >= 4 is 23.7 Å². The lowest BCUT2D eigenvalue weighted by Gasteiger charge is -2.11. The minimum Gasteiger partial charge on any atom is -0.494 e. The highest BCUT2D eigenvalue weighted by Crippen LogP contribution is 2.14. The summed E-state index contributed by atoms with van der Waals surface area (Å²) in [6.45, 7) is 0.708. The smallest absolute Gasteiger partial charge is 0.229 e. The molecule has 0 aliphatic carbocycles. The van der Waals surface area contributed by atoms with E-state index in [1.807, 2.05) is 49.3 Å². The molecule has 1 aromatic heterocycles. The van der Waals surface area contributed by atoms with Gasteiger partial charge in [0.05, 0.1) is 12.4 Å². The molecule has 118 valence electrons. The molecule has 7 heteroatoms. The van der Waals surface area contributed by atoms with Gasteiger partial charge in [0.25, 0.3) is 0 Å². The molecule has 1 heterocycles. The molecular weight excluding hydrogens is 298 g/mol. The van der Waals surface area contributed by atoms with Crippen LogP contribution in [0.3, 0.4) is 0 Å². The van der Waals surface area contributed by atoms with E-state index in [1.165, 1.54) is 0 Å². The fourth-order valence-electron chi connectivity index (χ4n) is 1.72. The first-order valence-electron chi connectivity index (χ1n) is 7.08. The fraction of sp³-hybridized carbons (Fsp3) is 0.400. The van der Waals surface area contributed by atoms with Crippen molar-refractivity contribution in [3.63, 3.8) is 0 Å². The number of aromatic nitrogens is 3. The van der Waals surface area contributed by atoms with Crippen molar-refractivity contribution in [1.29, 1.82) is 0 Å². The number of nitrogen functional groups attached to an aromatic ring is 1. The standard InChI is InChI=1S/C15H21N5OS/c1-20(2)15-18-13(17-14(16)19-15)11-22-10-6-9-21-12-7-4-3-5-8-12/h3-5,7-8H,6,9-11H2,1-2H3,(H2,16,17,18,19). The van der Waals surface area contributed by atoms with Crippen LogP contribution in [0.4, 0.5) is 11.9 Å². The lowest BCUT2D eigenvalue weighted by atomic mass is 10.3. The molecule has 22 heavy (non-hydrogen) atoms. The van der Waals surface area contributed by atoms with Gasteiger partial charge in [0.15, 0.2) is 0 Å². The van der Waals surface area contributed by atoms with Crippen LogP contribution in [0.5, 0.6) is 5.75 Å². The van der Waals surface area contributed by atoms with E-state index in [9.17, 15) is 0 Å². The van der Waals surface area contributed by atoms with Gasteiger partial charge in [0.2, 0.25) is 11.9 Å². The molecule has 2 aromatic rings. The van der Waals surface area contributed by atoms with Crippen molar-refractivity contribution in [2.45, 2.75) is 12.2 Å². The van der Waals surface area contributed by atoms with Crippen molar-refractivity contribution in [3.8, 4) is 5.75 Å². The zero-order valence-corrected chi connectivity index (χ0v) is 13.7. The highest BCUT2D eigenvalue weighted by molar-refractivity contribution is 7.98. The number of benzene rings is 1. The molecule has 0 spiro atoms. The SMILES string of the molecule is CN(C)c1nc(N)nc(CSCCCOc2ccccc2)n1. The van der Waals surface area contributed by atoms with Crippen molar-refractivity contribution in [2.75, 3.05) is 37.1 Å². The van der Waals surface area contributed by atoms with Gasteiger partial charge in [0, 0.05) is 14.1 Å². The summed E-state index contributed by atoms with van der Waals surface area (Å²) in [5.41, 5.74) is 5.70. The van der Waals surface area contributed by atoms with E-state index in [2.05, 4.69) is 15.0 Å². The van der Waals surface area contributed by atoms with Gasteiger partial charge in [-0.2, -0.15) is 26.7 Å². The van der Waals surface area contributed by atoms with E-state index in [4.69, 9.17) is 10.5 Å². The number of rotatable bonds is 8. The van der Waals surface area contributed by atoms with Crippen LogP contribution < -0.4 is 15.4 Å². The summed E-state index contributed by atoms with van der Waals surface area (Å²) in [6, 6.07) is 9.84. The van der Waals surface area contributed by atoms with Crippen LogP contribution in [0.25, 0.3) is 0 Å². The Balaban J connectivity index is 1.68. The minimum absolute atomic E-state index is 0.265. The number of thioether (sulfide) groups is 1. The number of nitrogens with zero attached hydrogens (tertiary/aromatic N) is 4. The molecule has 0 aliphatic heterocycles. The highest BCUT2D eigenvalue weighted by atomic mass is 32.2. The molecule has 2 rings (SSSR count). The van der Waals surface area contributed by atoms with Crippen LogP contribution in [0.2, 0.25) is 0 Å². The van der Waals surface area contributed by atoms with E-state index in [0.29, 0.717) is 18.4 Å². The van der Waals surface area contributed by atoms with Gasteiger partial charge >= 0.3 is 0 Å². The molecule has 0 atom stereocenters. The van der Waals surface area contributed by atoms with Gasteiger partial charge in [-0.05, 0) is 24.3 Å². The fourth-order valence-corrected chi connectivity index (χ4v) is 2.50. The number of hydrogen-bond acceptors (Lipinski definition) is 7. The van der Waals surface area contributed by atoms with Crippen LogP contribution in [-0.4, -0.2) is 41.4 Å². The molecule has 6 nitrogen and oxygen atoms in total. The molecule has 0 amide bonds. The van der Waals surface area contributed by atoms with E-state index in [-0.39, 0.29) is 5.95 Å². The van der Waals surface area contributed by atoms with Crippen LogP contribution in [0.1, 0.15) is 12.2 Å². The Bertz CT molecular complexity index is 579. The Labute approximate surface area is 135 Å². The first-order valence-corrected chi connectivity index (χ1v) is 8.24. The van der Waals surface area contributed by atoms with Gasteiger partial charge in [-0.3, -0.25) is 0 Å². The average molecular weight is 319 g/mol. The molecule has 0 unspecified atom stereocenters. The van der Waals surface area contributed by atoms with E-state index < -0.39 is 0 Å². The summed E-state index contributed by atoms with van der Waals surface area (Å²) in [7, 11) is 3.76. The summed E-state index contributed by atoms with van der Waals surface area (Å²) in [4.78, 5) is 14.4. The molecular formula is C15H21N5OS. The second-order valence-corrected chi connectivity index (χ2v) is 5.98. The summed E-state index contributed by atoms with van der Waals surface area (Å²) in [6.07, 6.45) is 0.973. The predicted octanol–water partition coefficient (Wildman–Crippen LogP) is 2.22. The lowest BCUT2D eigenvalue weighted by molar-refractivity contribution is 0.318. The Kier molecular flexibility index (Phi) is 6.27. The van der Waals surface area contributed by atoms with E-state index in [1.54, 1.807) is 11.8 Å². The van der Waals surface area contributed by atoms with Crippen molar-refractivity contribution < 1.29 is 4.74 Å². The summed E-state index contributed by atoms with van der Waals surface area (Å²) < 4.78 is 5.65. The number of para-hydroxylation sites is 1. The summed E-state index contributed by atoms with van der Waals surface area (Å²) >= 11 is 1.76. The van der Waals surface area contributed by atoms with E-state index in [0.717, 1.165) is 23.7 Å². The summed E-state index contributed by atoms with van der Waals surface area (Å²) in [5, 5.41) is 0. The largest absolute Gasteiger partial charge is 0.494 e. The lowest BCUT2D eigenvalue weighted by Crippen LogP contribution is -2.16. The van der Waals surface area contributed by atoms with Gasteiger partial charge in [-0.25, -0.2) is 0 Å². The maximum atomic E-state index is 5.70. The number of hydrogen-bond donors (Lipinski definition) is 1. The van der Waals surface area contributed by atoms with Crippen LogP contribution >= 0.6 is 11.8 Å². The van der Waals surface area contributed by atoms with Crippen molar-refractivity contribution in [3.05, 3.63) is 36.2 Å². The Morgan fingerprint density at radius 1 is 1.14 bits per heavy atom. The third kappa shape index (κ3) is 5.40. The summed E-state index contributed by atoms with van der Waals surface area (Å²) in [5.74, 6) is 4.19. The molecule has 0 saturated heterocycles. The quantitative estimate of drug-likeness (QED) is 0.747. The normalized spacial score (nSPS) is 10.5. The second-order valence-electron chi connectivity index (χ2n) is 4.87. The monoisotopic (exact) mass is 319 g/mol. The number of ether oxygens (including phenoxy) is 1. The zero-order chi connectivity index (χ0) is 15.8. The third-order valence-corrected chi connectivity index (χ3v) is 3.80. The maximum Gasteiger partial charge on any atom is 0.229 e. The zero-order valence-electron chi connectivity index (χ0n) is 12.9. The van der Waals surface area contributed by atoms with E-state index >= 15 is 0 Å². The van der Waals surface area contributed by atoms with Gasteiger partial charge in [-0.15, -0.1) is 0 Å². The second kappa shape index (κ2) is 8.43. The topological polar surface area (TPSA) is 77.2 Å². The minimum atomic E-state index is 0.265. The van der Waals surface area contributed by atoms with Gasteiger partial charge < -0.3 is 15.4 Å². The molecule has 0 fully saturated rings. The Morgan fingerprint density at radius 2 is 1.91 bits per heavy atom. The maximum absolute atomic E-state index is 5.70. The van der Waals surface area contributed by atoms with Crippen LogP contribution in [0, 0.1) is 0 Å². The predicted molar refractivity (Wildman–Crippen MR) is 91.3 cm³/mol. The van der Waals surface area contributed by atoms with Gasteiger partial charge in [-0.1, -0.05) is 18.2 Å². The first kappa shape index (κ1) is 16.4. The first-order chi connectivity index (χ1) is 10.6. The third-order valence-electron chi connectivity index (χ3n) is 2.76. The molecule has 1 aromatic carbocycles. The van der Waals surface area contributed by atoms with Crippen molar-refractivity contribution in [2.24, 2.45) is 0 Å². The van der Waals surface area contributed by atoms with Crippen LogP contribution in [0.15, 0.2) is 30.3 Å². The highest BCUT2D eigenvalue weighted by Gasteiger charge is 2.06. The molecule has 2 N–H and O–H groups in total. The number of anilines is 2. The molecule has 0 saturated carbocycles. The molecule has 0 bridgehead atoms. The molecule has 0 aliphatic rings. The average Bonchev–Trinajstić information content (AvgIpc) is 2.51. The van der Waals surface area contributed by atoms with Gasteiger partial charge in [0.1, 0.15) is 11.6 Å². The Hall–Kier alpha value is -2.02. The van der Waals surface area contributed by atoms with Crippen molar-refractivity contribution in [1.82, 2.24) is 15.0 Å². The Morgan fingerprint density at radius 3 is 2.64 bits per heavy atom. The molecule has 0 radical (unpaired) electrons. The number of nitrogens with two attached hydrogens (primary N) is 1.